The van der Waals surface area contributed by atoms with Gasteiger partial charge in [-0.05, 0) is 54.3 Å². The van der Waals surface area contributed by atoms with E-state index in [1.54, 1.807) is 13.1 Å². The molecular weight excluding hydrogens is 419 g/mol. The molecule has 0 saturated carbocycles. The summed E-state index contributed by atoms with van der Waals surface area (Å²) < 4.78 is 45.0. The highest BCUT2D eigenvalue weighted by atomic mass is 19.4. The molecule has 32 heavy (non-hydrogen) atoms. The smallest absolute Gasteiger partial charge is 0.373 e. The number of nitrogens with zero attached hydrogens (tertiary/aromatic N) is 2. The number of rotatable bonds is 5. The first-order chi connectivity index (χ1) is 15.3. The van der Waals surface area contributed by atoms with Crippen LogP contribution in [0, 0.1) is 0 Å². The number of alkyl halides is 3. The summed E-state index contributed by atoms with van der Waals surface area (Å²) in [5.41, 5.74) is 2.99. The molecule has 2 aliphatic rings. The maximum absolute atomic E-state index is 13.0. The second-order valence-electron chi connectivity index (χ2n) is 8.27. The quantitative estimate of drug-likeness (QED) is 0.756. The summed E-state index contributed by atoms with van der Waals surface area (Å²) in [6.07, 6.45) is -2.68. The number of hydrogen-bond donors (Lipinski definition) is 1. The molecule has 0 radical (unpaired) electrons. The standard InChI is InChI=1S/C24H28F3N3O2/c1-28-23(31)18-5-6-21-17(15-18)8-14-32-22(21)7-9-29-10-12-30(13-11-29)20-4-2-3-19(16-20)24(25,26)27/h2-6,15-16,22H,7-14H2,1H3,(H,28,31). The number of amides is 1. The van der Waals surface area contributed by atoms with Gasteiger partial charge < -0.3 is 15.0 Å². The van der Waals surface area contributed by atoms with Gasteiger partial charge in [0.2, 0.25) is 0 Å². The van der Waals surface area contributed by atoms with Crippen LogP contribution < -0.4 is 10.2 Å². The fourth-order valence-corrected chi connectivity index (χ4v) is 4.47. The van der Waals surface area contributed by atoms with E-state index in [4.69, 9.17) is 4.74 Å². The van der Waals surface area contributed by atoms with Crippen molar-refractivity contribution in [1.82, 2.24) is 10.2 Å². The number of piperazine rings is 1. The van der Waals surface area contributed by atoms with Gasteiger partial charge >= 0.3 is 6.18 Å². The van der Waals surface area contributed by atoms with Crippen molar-refractivity contribution in [2.24, 2.45) is 0 Å². The van der Waals surface area contributed by atoms with Crippen LogP contribution in [0.3, 0.4) is 0 Å². The molecule has 1 fully saturated rings. The average Bonchev–Trinajstić information content (AvgIpc) is 2.81. The summed E-state index contributed by atoms with van der Waals surface area (Å²) in [5, 5.41) is 2.66. The highest BCUT2D eigenvalue weighted by Gasteiger charge is 2.31. The third kappa shape index (κ3) is 5.07. The van der Waals surface area contributed by atoms with Gasteiger partial charge in [0.25, 0.3) is 5.91 Å². The zero-order valence-corrected chi connectivity index (χ0v) is 18.1. The first kappa shape index (κ1) is 22.6. The topological polar surface area (TPSA) is 44.8 Å². The zero-order valence-electron chi connectivity index (χ0n) is 18.1. The molecule has 5 nitrogen and oxygen atoms in total. The third-order valence-electron chi connectivity index (χ3n) is 6.29. The molecule has 0 aromatic heterocycles. The molecule has 1 saturated heterocycles. The van der Waals surface area contributed by atoms with Gasteiger partial charge in [0.05, 0.1) is 18.3 Å². The number of carbonyl (C=O) groups is 1. The number of anilines is 1. The first-order valence-corrected chi connectivity index (χ1v) is 11.0. The number of nitrogens with one attached hydrogen (secondary N) is 1. The lowest BCUT2D eigenvalue weighted by molar-refractivity contribution is -0.137. The highest BCUT2D eigenvalue weighted by molar-refractivity contribution is 5.94. The van der Waals surface area contributed by atoms with E-state index in [0.717, 1.165) is 49.7 Å². The predicted molar refractivity (Wildman–Crippen MR) is 117 cm³/mol. The molecule has 1 atom stereocenters. The molecule has 8 heteroatoms. The lowest BCUT2D eigenvalue weighted by atomic mass is 9.93. The van der Waals surface area contributed by atoms with E-state index < -0.39 is 11.7 Å². The van der Waals surface area contributed by atoms with Gasteiger partial charge in [-0.3, -0.25) is 9.69 Å². The Hall–Kier alpha value is -2.58. The lowest BCUT2D eigenvalue weighted by Gasteiger charge is -2.37. The summed E-state index contributed by atoms with van der Waals surface area (Å²) >= 11 is 0. The Morgan fingerprint density at radius 3 is 2.62 bits per heavy atom. The zero-order chi connectivity index (χ0) is 22.7. The molecule has 2 aromatic carbocycles. The van der Waals surface area contributed by atoms with Crippen molar-refractivity contribution in [2.45, 2.75) is 25.1 Å². The number of hydrogen-bond acceptors (Lipinski definition) is 4. The lowest BCUT2D eigenvalue weighted by Crippen LogP contribution is -2.47. The van der Waals surface area contributed by atoms with Gasteiger partial charge in [-0.25, -0.2) is 0 Å². The molecule has 0 aliphatic carbocycles. The van der Waals surface area contributed by atoms with E-state index in [0.29, 0.717) is 30.9 Å². The van der Waals surface area contributed by atoms with Crippen LogP contribution in [0.1, 0.15) is 39.6 Å². The van der Waals surface area contributed by atoms with Gasteiger partial charge in [-0.2, -0.15) is 13.2 Å². The largest absolute Gasteiger partial charge is 0.416 e. The minimum atomic E-state index is -4.32. The number of fused-ring (bicyclic) bond motifs is 1. The third-order valence-corrected chi connectivity index (χ3v) is 6.29. The monoisotopic (exact) mass is 447 g/mol. The summed E-state index contributed by atoms with van der Waals surface area (Å²) in [7, 11) is 1.63. The van der Waals surface area contributed by atoms with Crippen molar-refractivity contribution in [3.05, 3.63) is 64.7 Å². The van der Waals surface area contributed by atoms with Crippen LogP contribution in [-0.2, 0) is 17.3 Å². The molecular formula is C24H28F3N3O2. The molecule has 1 amide bonds. The normalized spacial score (nSPS) is 19.5. The van der Waals surface area contributed by atoms with Crippen molar-refractivity contribution in [2.75, 3.05) is 51.3 Å². The van der Waals surface area contributed by atoms with Crippen LogP contribution in [0.25, 0.3) is 0 Å². The van der Waals surface area contributed by atoms with Crippen LogP contribution in [0.5, 0.6) is 0 Å². The van der Waals surface area contributed by atoms with Crippen LogP contribution in [0.15, 0.2) is 42.5 Å². The molecule has 2 heterocycles. The van der Waals surface area contributed by atoms with Crippen molar-refractivity contribution in [3.63, 3.8) is 0 Å². The molecule has 2 aliphatic heterocycles. The van der Waals surface area contributed by atoms with Crippen LogP contribution in [0.4, 0.5) is 18.9 Å². The summed E-state index contributed by atoms with van der Waals surface area (Å²) in [6, 6.07) is 11.3. The summed E-state index contributed by atoms with van der Waals surface area (Å²) in [6.45, 7) is 4.48. The van der Waals surface area contributed by atoms with Crippen LogP contribution in [0.2, 0.25) is 0 Å². The molecule has 2 aromatic rings. The van der Waals surface area contributed by atoms with Crippen LogP contribution in [-0.4, -0.2) is 57.2 Å². The molecule has 172 valence electrons. The molecule has 4 rings (SSSR count). The Balaban J connectivity index is 1.32. The molecule has 1 N–H and O–H groups in total. The number of halogens is 3. The van der Waals surface area contributed by atoms with Crippen LogP contribution >= 0.6 is 0 Å². The Labute approximate surface area is 186 Å². The SMILES string of the molecule is CNC(=O)c1ccc2c(c1)CCOC2CCN1CCN(c2cccc(C(F)(F)F)c2)CC1. The van der Waals surface area contributed by atoms with Crippen molar-refractivity contribution in [3.8, 4) is 0 Å². The summed E-state index contributed by atoms with van der Waals surface area (Å²) in [4.78, 5) is 16.2. The second-order valence-corrected chi connectivity index (χ2v) is 8.27. The molecule has 0 bridgehead atoms. The number of benzene rings is 2. The van der Waals surface area contributed by atoms with E-state index >= 15 is 0 Å². The minimum Gasteiger partial charge on any atom is -0.373 e. The molecule has 0 spiro atoms. The maximum Gasteiger partial charge on any atom is 0.416 e. The Kier molecular flexibility index (Phi) is 6.71. The Morgan fingerprint density at radius 1 is 1.12 bits per heavy atom. The number of ether oxygens (including phenoxy) is 1. The van der Waals surface area contributed by atoms with E-state index in [2.05, 4.69) is 10.2 Å². The fraction of sp³-hybridized carbons (Fsp3) is 0.458. The van der Waals surface area contributed by atoms with Gasteiger partial charge in [0, 0.05) is 51.0 Å². The average molecular weight is 448 g/mol. The van der Waals surface area contributed by atoms with Crippen molar-refractivity contribution < 1.29 is 22.7 Å². The Morgan fingerprint density at radius 2 is 1.91 bits per heavy atom. The minimum absolute atomic E-state index is 0.000940. The first-order valence-electron chi connectivity index (χ1n) is 11.0. The van der Waals surface area contributed by atoms with E-state index in [-0.39, 0.29) is 12.0 Å². The van der Waals surface area contributed by atoms with Gasteiger partial charge in [-0.15, -0.1) is 0 Å². The maximum atomic E-state index is 13.0. The highest BCUT2D eigenvalue weighted by Crippen LogP contribution is 2.33. The van der Waals surface area contributed by atoms with E-state index in [9.17, 15) is 18.0 Å². The van der Waals surface area contributed by atoms with E-state index in [1.807, 2.05) is 23.1 Å². The van der Waals surface area contributed by atoms with Crippen molar-refractivity contribution >= 4 is 11.6 Å². The fourth-order valence-electron chi connectivity index (χ4n) is 4.47. The van der Waals surface area contributed by atoms with Gasteiger partial charge in [0.1, 0.15) is 0 Å². The second kappa shape index (κ2) is 9.50. The van der Waals surface area contributed by atoms with Gasteiger partial charge in [0.15, 0.2) is 0 Å². The van der Waals surface area contributed by atoms with Crippen molar-refractivity contribution in [1.29, 1.82) is 0 Å². The number of carbonyl (C=O) groups excluding carboxylic acids is 1. The molecule has 1 unspecified atom stereocenters. The predicted octanol–water partition coefficient (Wildman–Crippen LogP) is 3.89. The Bertz CT molecular complexity index is 956. The van der Waals surface area contributed by atoms with E-state index in [1.165, 1.54) is 12.1 Å². The van der Waals surface area contributed by atoms with Gasteiger partial charge in [-0.1, -0.05) is 12.1 Å². The summed E-state index contributed by atoms with van der Waals surface area (Å²) in [5.74, 6) is -0.0884.